The zero-order valence-corrected chi connectivity index (χ0v) is 13.9. The summed E-state index contributed by atoms with van der Waals surface area (Å²) in [6.07, 6.45) is 8.28. The van der Waals surface area contributed by atoms with Crippen molar-refractivity contribution in [1.29, 1.82) is 0 Å². The lowest BCUT2D eigenvalue weighted by molar-refractivity contribution is 0.0954. The summed E-state index contributed by atoms with van der Waals surface area (Å²) >= 11 is 2.18. The number of methoxy groups -OCH3 is 1. The van der Waals surface area contributed by atoms with Crippen molar-refractivity contribution in [3.63, 3.8) is 0 Å². The quantitative estimate of drug-likeness (QED) is 0.617. The number of benzene rings is 1. The minimum atomic E-state index is -0.0121. The number of ether oxygens (including phenoxy) is 1. The summed E-state index contributed by atoms with van der Waals surface area (Å²) in [5.74, 6) is 0.788. The van der Waals surface area contributed by atoms with E-state index >= 15 is 0 Å². The van der Waals surface area contributed by atoms with Crippen molar-refractivity contribution in [2.24, 2.45) is 0 Å². The van der Waals surface area contributed by atoms with Crippen LogP contribution in [0, 0.1) is 3.57 Å². The Hall–Kier alpha value is -1.04. The topological polar surface area (TPSA) is 38.3 Å². The average molecular weight is 385 g/mol. The van der Waals surface area contributed by atoms with Gasteiger partial charge in [-0.25, -0.2) is 0 Å². The van der Waals surface area contributed by atoms with E-state index in [1.54, 1.807) is 13.2 Å². The molecule has 1 aliphatic rings. The van der Waals surface area contributed by atoms with Crippen molar-refractivity contribution in [2.75, 3.05) is 13.7 Å². The minimum absolute atomic E-state index is 0.0121. The number of hydrogen-bond acceptors (Lipinski definition) is 2. The molecule has 0 heterocycles. The molecule has 20 heavy (non-hydrogen) atoms. The van der Waals surface area contributed by atoms with Crippen LogP contribution in [-0.2, 0) is 0 Å². The number of hydrogen-bond donors (Lipinski definition) is 1. The fourth-order valence-corrected chi connectivity index (χ4v) is 3.11. The van der Waals surface area contributed by atoms with Crippen molar-refractivity contribution in [3.05, 3.63) is 39.0 Å². The molecule has 1 amide bonds. The fourth-order valence-electron chi connectivity index (χ4n) is 2.38. The smallest absolute Gasteiger partial charge is 0.251 e. The molecule has 0 saturated carbocycles. The molecule has 0 aromatic heterocycles. The molecule has 0 bridgehead atoms. The summed E-state index contributed by atoms with van der Waals surface area (Å²) in [5.41, 5.74) is 2.17. The summed E-state index contributed by atoms with van der Waals surface area (Å²) in [5, 5.41) is 2.99. The largest absolute Gasteiger partial charge is 0.496 e. The van der Waals surface area contributed by atoms with Gasteiger partial charge in [-0.15, -0.1) is 0 Å². The summed E-state index contributed by atoms with van der Waals surface area (Å²) < 4.78 is 6.15. The maximum absolute atomic E-state index is 12.1. The highest BCUT2D eigenvalue weighted by Crippen LogP contribution is 2.22. The highest BCUT2D eigenvalue weighted by atomic mass is 127. The van der Waals surface area contributed by atoms with E-state index in [1.165, 1.54) is 31.3 Å². The second kappa shape index (κ2) is 7.67. The van der Waals surface area contributed by atoms with E-state index in [-0.39, 0.29) is 5.91 Å². The van der Waals surface area contributed by atoms with Gasteiger partial charge in [0.2, 0.25) is 0 Å². The van der Waals surface area contributed by atoms with E-state index in [2.05, 4.69) is 34.0 Å². The third-order valence-corrected chi connectivity index (χ3v) is 4.37. The van der Waals surface area contributed by atoms with Crippen molar-refractivity contribution in [2.45, 2.75) is 32.1 Å². The molecule has 2 rings (SSSR count). The lowest BCUT2D eigenvalue weighted by Gasteiger charge is -2.13. The molecule has 1 aromatic carbocycles. The maximum atomic E-state index is 12.1. The molecule has 4 heteroatoms. The molecule has 0 spiro atoms. The second-order valence-electron chi connectivity index (χ2n) is 4.96. The molecule has 108 valence electrons. The van der Waals surface area contributed by atoms with E-state index in [0.29, 0.717) is 12.1 Å². The number of carbonyl (C=O) groups excluding carboxylic acids is 1. The standard InChI is InChI=1S/C16H20INO2/c1-20-15-8-7-13(11-14(15)17)16(19)18-10-9-12-5-3-2-4-6-12/h5,7-8,11H,2-4,6,9-10H2,1H3,(H,18,19). The van der Waals surface area contributed by atoms with Crippen LogP contribution in [0.5, 0.6) is 5.75 Å². The van der Waals surface area contributed by atoms with E-state index in [9.17, 15) is 4.79 Å². The van der Waals surface area contributed by atoms with Crippen LogP contribution in [0.4, 0.5) is 0 Å². The van der Waals surface area contributed by atoms with Crippen molar-refractivity contribution in [1.82, 2.24) is 5.32 Å². The molecular weight excluding hydrogens is 365 g/mol. The monoisotopic (exact) mass is 385 g/mol. The number of rotatable bonds is 5. The van der Waals surface area contributed by atoms with Gasteiger partial charge in [-0.05, 0) is 72.9 Å². The van der Waals surface area contributed by atoms with Crippen LogP contribution in [0.25, 0.3) is 0 Å². The fraction of sp³-hybridized carbons (Fsp3) is 0.438. The van der Waals surface area contributed by atoms with Gasteiger partial charge in [-0.1, -0.05) is 11.6 Å². The van der Waals surface area contributed by atoms with Gasteiger partial charge in [-0.2, -0.15) is 0 Å². The van der Waals surface area contributed by atoms with Crippen molar-refractivity contribution in [3.8, 4) is 5.75 Å². The molecule has 0 unspecified atom stereocenters. The first-order valence-corrected chi connectivity index (χ1v) is 8.08. The third kappa shape index (κ3) is 4.23. The van der Waals surface area contributed by atoms with Gasteiger partial charge in [0.15, 0.2) is 0 Å². The lowest BCUT2D eigenvalue weighted by Crippen LogP contribution is -2.25. The van der Waals surface area contributed by atoms with Gasteiger partial charge < -0.3 is 10.1 Å². The van der Waals surface area contributed by atoms with Gasteiger partial charge in [-0.3, -0.25) is 4.79 Å². The van der Waals surface area contributed by atoms with Gasteiger partial charge >= 0.3 is 0 Å². The van der Waals surface area contributed by atoms with Crippen LogP contribution in [0.2, 0.25) is 0 Å². The first-order chi connectivity index (χ1) is 9.70. The van der Waals surface area contributed by atoms with Crippen LogP contribution < -0.4 is 10.1 Å². The van der Waals surface area contributed by atoms with Crippen LogP contribution in [0.15, 0.2) is 29.8 Å². The molecule has 0 atom stereocenters. The van der Waals surface area contributed by atoms with E-state index in [1.807, 2.05) is 12.1 Å². The number of amides is 1. The molecule has 1 aliphatic carbocycles. The minimum Gasteiger partial charge on any atom is -0.496 e. The Balaban J connectivity index is 1.85. The zero-order valence-electron chi connectivity index (χ0n) is 11.7. The summed E-state index contributed by atoms with van der Waals surface area (Å²) in [6.45, 7) is 0.716. The Morgan fingerprint density at radius 1 is 1.40 bits per heavy atom. The zero-order chi connectivity index (χ0) is 14.4. The lowest BCUT2D eigenvalue weighted by atomic mass is 9.97. The van der Waals surface area contributed by atoms with Crippen LogP contribution in [0.1, 0.15) is 42.5 Å². The number of carbonyl (C=O) groups is 1. The molecular formula is C16H20INO2. The number of halogens is 1. The summed E-state index contributed by atoms with van der Waals surface area (Å²) in [4.78, 5) is 12.1. The Morgan fingerprint density at radius 3 is 2.90 bits per heavy atom. The molecule has 1 N–H and O–H groups in total. The molecule has 0 fully saturated rings. The summed E-state index contributed by atoms with van der Waals surface area (Å²) in [7, 11) is 1.63. The average Bonchev–Trinajstić information content (AvgIpc) is 2.48. The molecule has 0 radical (unpaired) electrons. The highest BCUT2D eigenvalue weighted by molar-refractivity contribution is 14.1. The van der Waals surface area contributed by atoms with Gasteiger partial charge in [0.05, 0.1) is 10.7 Å². The van der Waals surface area contributed by atoms with Crippen molar-refractivity contribution >= 4 is 28.5 Å². The SMILES string of the molecule is COc1ccc(C(=O)NCCC2=CCCCC2)cc1I. The van der Waals surface area contributed by atoms with E-state index in [4.69, 9.17) is 4.74 Å². The predicted octanol–water partition coefficient (Wildman–Crippen LogP) is 3.92. The van der Waals surface area contributed by atoms with Crippen LogP contribution >= 0.6 is 22.6 Å². The van der Waals surface area contributed by atoms with Crippen LogP contribution in [-0.4, -0.2) is 19.6 Å². The number of nitrogens with one attached hydrogen (secondary N) is 1. The van der Waals surface area contributed by atoms with Gasteiger partial charge in [0, 0.05) is 12.1 Å². The first-order valence-electron chi connectivity index (χ1n) is 7.00. The Bertz CT molecular complexity index is 511. The normalized spacial score (nSPS) is 14.6. The highest BCUT2D eigenvalue weighted by Gasteiger charge is 2.09. The number of allylic oxidation sites excluding steroid dienone is 1. The molecule has 3 nitrogen and oxygen atoms in total. The molecule has 0 saturated heterocycles. The van der Waals surface area contributed by atoms with Crippen LogP contribution in [0.3, 0.4) is 0 Å². The van der Waals surface area contributed by atoms with Crippen molar-refractivity contribution < 1.29 is 9.53 Å². The van der Waals surface area contributed by atoms with E-state index in [0.717, 1.165) is 15.7 Å². The first kappa shape index (κ1) is 15.4. The van der Waals surface area contributed by atoms with Gasteiger partial charge in [0.25, 0.3) is 5.91 Å². The maximum Gasteiger partial charge on any atom is 0.251 e. The Kier molecular flexibility index (Phi) is 5.88. The molecule has 0 aliphatic heterocycles. The van der Waals surface area contributed by atoms with E-state index < -0.39 is 0 Å². The Labute approximate surface area is 133 Å². The van der Waals surface area contributed by atoms with Gasteiger partial charge in [0.1, 0.15) is 5.75 Å². The third-order valence-electron chi connectivity index (χ3n) is 3.53. The predicted molar refractivity (Wildman–Crippen MR) is 89.2 cm³/mol. The Morgan fingerprint density at radius 2 is 2.25 bits per heavy atom. The summed E-state index contributed by atoms with van der Waals surface area (Å²) in [6, 6.07) is 5.49. The molecule has 1 aromatic rings. The second-order valence-corrected chi connectivity index (χ2v) is 6.13.